The van der Waals surface area contributed by atoms with Crippen molar-refractivity contribution in [2.24, 2.45) is 5.92 Å². The van der Waals surface area contributed by atoms with Crippen LogP contribution < -0.4 is 9.80 Å². The first-order valence-corrected chi connectivity index (χ1v) is 11.8. The van der Waals surface area contributed by atoms with E-state index in [9.17, 15) is 4.79 Å². The van der Waals surface area contributed by atoms with E-state index in [1.807, 2.05) is 0 Å². The van der Waals surface area contributed by atoms with Gasteiger partial charge in [-0.15, -0.1) is 0 Å². The van der Waals surface area contributed by atoms with Crippen LogP contribution in [0.1, 0.15) is 44.1 Å². The predicted molar refractivity (Wildman–Crippen MR) is 117 cm³/mol. The fourth-order valence-electron chi connectivity index (χ4n) is 5.22. The molecule has 4 heteroatoms. The van der Waals surface area contributed by atoms with Crippen molar-refractivity contribution in [3.8, 4) is 0 Å². The molecule has 0 unspecified atom stereocenters. The second kappa shape index (κ2) is 9.44. The smallest absolute Gasteiger partial charge is 0.233 e. The normalized spacial score (nSPS) is 28.1. The molecule has 1 saturated heterocycles. The van der Waals surface area contributed by atoms with E-state index in [4.69, 9.17) is 0 Å². The molecule has 29 heavy (non-hydrogen) atoms. The third-order valence-electron chi connectivity index (χ3n) is 7.40. The number of carbonyl (C=O) groups excluding carboxylic acids is 1. The maximum Gasteiger partial charge on any atom is 0.233 e. The molecule has 3 aliphatic rings. The van der Waals surface area contributed by atoms with E-state index in [1.54, 1.807) is 9.80 Å². The SMILES string of the molecule is C[NH+]1CC[NH+](CCCN(C[C@@H]2CC=CCC2)C(=O)C2(c3ccccc3)CC2)CC1. The van der Waals surface area contributed by atoms with Crippen molar-refractivity contribution < 1.29 is 14.6 Å². The number of hydrogen-bond donors (Lipinski definition) is 2. The predicted octanol–water partition coefficient (Wildman–Crippen LogP) is 0.706. The summed E-state index contributed by atoms with van der Waals surface area (Å²) in [5.74, 6) is 1.03. The van der Waals surface area contributed by atoms with Crippen molar-refractivity contribution >= 4 is 5.91 Å². The van der Waals surface area contributed by atoms with Gasteiger partial charge in [-0.2, -0.15) is 0 Å². The molecule has 0 spiro atoms. The molecular weight excluding hydrogens is 358 g/mol. The Morgan fingerprint density at radius 2 is 1.86 bits per heavy atom. The van der Waals surface area contributed by atoms with Crippen molar-refractivity contribution in [1.29, 1.82) is 0 Å². The van der Waals surface area contributed by atoms with Gasteiger partial charge in [0.1, 0.15) is 26.2 Å². The number of benzene rings is 1. The topological polar surface area (TPSA) is 29.2 Å². The van der Waals surface area contributed by atoms with Gasteiger partial charge in [-0.1, -0.05) is 42.5 Å². The molecule has 0 aromatic heterocycles. The molecular formula is C25H39N3O+2. The van der Waals surface area contributed by atoms with Crippen LogP contribution in [0, 0.1) is 5.92 Å². The van der Waals surface area contributed by atoms with Crippen LogP contribution in [0.2, 0.25) is 0 Å². The fraction of sp³-hybridized carbons (Fsp3) is 0.640. The lowest BCUT2D eigenvalue weighted by Gasteiger charge is -2.33. The quantitative estimate of drug-likeness (QED) is 0.622. The Kier molecular flexibility index (Phi) is 6.71. The van der Waals surface area contributed by atoms with E-state index in [0.717, 1.165) is 38.8 Å². The summed E-state index contributed by atoms with van der Waals surface area (Å²) in [6.07, 6.45) is 11.3. The summed E-state index contributed by atoms with van der Waals surface area (Å²) in [7, 11) is 2.30. The highest BCUT2D eigenvalue weighted by molar-refractivity contribution is 5.91. The Hall–Kier alpha value is -1.65. The van der Waals surface area contributed by atoms with Gasteiger partial charge in [0.15, 0.2) is 0 Å². The number of hydrogen-bond acceptors (Lipinski definition) is 1. The highest BCUT2D eigenvalue weighted by atomic mass is 16.2. The third-order valence-corrected chi connectivity index (χ3v) is 7.40. The molecule has 1 heterocycles. The van der Waals surface area contributed by atoms with Gasteiger partial charge < -0.3 is 14.7 Å². The van der Waals surface area contributed by atoms with Gasteiger partial charge in [-0.25, -0.2) is 0 Å². The molecule has 0 bridgehead atoms. The monoisotopic (exact) mass is 397 g/mol. The Labute approximate surface area is 176 Å². The lowest BCUT2D eigenvalue weighted by Crippen LogP contribution is -3.27. The van der Waals surface area contributed by atoms with Crippen LogP contribution in [0.4, 0.5) is 0 Å². The summed E-state index contributed by atoms with van der Waals surface area (Å²) >= 11 is 0. The first-order valence-electron chi connectivity index (χ1n) is 11.8. The van der Waals surface area contributed by atoms with Crippen LogP contribution in [0.3, 0.4) is 0 Å². The number of quaternary nitrogens is 2. The highest BCUT2D eigenvalue weighted by Gasteiger charge is 2.52. The van der Waals surface area contributed by atoms with Crippen LogP contribution in [0.15, 0.2) is 42.5 Å². The molecule has 4 rings (SSSR count). The minimum atomic E-state index is -0.226. The van der Waals surface area contributed by atoms with Crippen LogP contribution in [-0.2, 0) is 10.2 Å². The van der Waals surface area contributed by atoms with Crippen molar-refractivity contribution in [3.63, 3.8) is 0 Å². The van der Waals surface area contributed by atoms with E-state index < -0.39 is 0 Å². The van der Waals surface area contributed by atoms with Crippen LogP contribution >= 0.6 is 0 Å². The Morgan fingerprint density at radius 1 is 1.10 bits per heavy atom. The van der Waals surface area contributed by atoms with Crippen LogP contribution in [0.25, 0.3) is 0 Å². The molecule has 0 radical (unpaired) electrons. The average molecular weight is 398 g/mol. The van der Waals surface area contributed by atoms with Crippen molar-refractivity contribution in [1.82, 2.24) is 4.90 Å². The standard InChI is InChI=1S/C25H37N3O/c1-26-17-19-27(20-18-26)15-8-16-28(21-22-9-4-2-5-10-22)24(29)25(13-14-25)23-11-6-3-7-12-23/h2-4,6-7,11-12,22H,5,8-10,13-21H2,1H3/p+2/t22-/m1/s1. The number of nitrogens with one attached hydrogen (secondary N) is 2. The summed E-state index contributed by atoms with van der Waals surface area (Å²) in [4.78, 5) is 19.4. The number of piperazine rings is 1. The zero-order valence-electron chi connectivity index (χ0n) is 18.2. The third kappa shape index (κ3) is 5.10. The number of nitrogens with zero attached hydrogens (tertiary/aromatic N) is 1. The highest BCUT2D eigenvalue weighted by Crippen LogP contribution is 2.49. The Morgan fingerprint density at radius 3 is 2.52 bits per heavy atom. The molecule has 4 nitrogen and oxygen atoms in total. The van der Waals surface area contributed by atoms with Crippen LogP contribution in [-0.4, -0.2) is 63.7 Å². The summed E-state index contributed by atoms with van der Waals surface area (Å²) in [5.41, 5.74) is 1.00. The van der Waals surface area contributed by atoms with Crippen molar-refractivity contribution in [3.05, 3.63) is 48.0 Å². The number of allylic oxidation sites excluding steroid dienone is 2. The Bertz CT molecular complexity index is 689. The molecule has 2 fully saturated rings. The van der Waals surface area contributed by atoms with E-state index in [2.05, 4.69) is 54.4 Å². The van der Waals surface area contributed by atoms with Crippen molar-refractivity contribution in [2.75, 3.05) is 52.9 Å². The number of rotatable bonds is 8. The number of amides is 1. The summed E-state index contributed by atoms with van der Waals surface area (Å²) < 4.78 is 0. The van der Waals surface area contributed by atoms with Gasteiger partial charge in [0.2, 0.25) is 5.91 Å². The molecule has 2 aliphatic carbocycles. The molecule has 1 aliphatic heterocycles. The zero-order valence-corrected chi connectivity index (χ0v) is 18.2. The minimum Gasteiger partial charge on any atom is -0.341 e. The largest absolute Gasteiger partial charge is 0.341 e. The molecule has 1 aromatic carbocycles. The van der Waals surface area contributed by atoms with Gasteiger partial charge in [0.25, 0.3) is 0 Å². The first kappa shape index (κ1) is 20.6. The average Bonchev–Trinajstić information content (AvgIpc) is 3.57. The number of carbonyl (C=O) groups is 1. The van der Waals surface area contributed by atoms with Gasteiger partial charge >= 0.3 is 0 Å². The minimum absolute atomic E-state index is 0.226. The molecule has 1 saturated carbocycles. The summed E-state index contributed by atoms with van der Waals surface area (Å²) in [5, 5.41) is 0. The number of likely N-dealkylation sites (N-methyl/N-ethyl adjacent to an activating group) is 1. The fourth-order valence-corrected chi connectivity index (χ4v) is 5.22. The maximum atomic E-state index is 13.7. The zero-order chi connectivity index (χ0) is 20.1. The lowest BCUT2D eigenvalue weighted by molar-refractivity contribution is -1.00. The van der Waals surface area contributed by atoms with E-state index in [-0.39, 0.29) is 5.41 Å². The first-order chi connectivity index (χ1) is 14.2. The van der Waals surface area contributed by atoms with Gasteiger partial charge in [0, 0.05) is 19.5 Å². The van der Waals surface area contributed by atoms with Crippen molar-refractivity contribution in [2.45, 2.75) is 43.9 Å². The second-order valence-electron chi connectivity index (χ2n) is 9.66. The molecule has 2 N–H and O–H groups in total. The second-order valence-corrected chi connectivity index (χ2v) is 9.66. The van der Waals surface area contributed by atoms with E-state index in [0.29, 0.717) is 11.8 Å². The molecule has 1 atom stereocenters. The van der Waals surface area contributed by atoms with Crippen LogP contribution in [0.5, 0.6) is 0 Å². The van der Waals surface area contributed by atoms with E-state index in [1.165, 1.54) is 51.1 Å². The maximum absolute atomic E-state index is 13.7. The molecule has 158 valence electrons. The van der Waals surface area contributed by atoms with Gasteiger partial charge in [-0.05, 0) is 43.6 Å². The summed E-state index contributed by atoms with van der Waals surface area (Å²) in [6.45, 7) is 8.20. The Balaban J connectivity index is 1.39. The lowest BCUT2D eigenvalue weighted by atomic mass is 9.91. The van der Waals surface area contributed by atoms with Gasteiger partial charge in [0.05, 0.1) is 19.0 Å². The van der Waals surface area contributed by atoms with E-state index >= 15 is 0 Å². The van der Waals surface area contributed by atoms with Gasteiger partial charge in [-0.3, -0.25) is 4.79 Å². The molecule has 1 aromatic rings. The summed E-state index contributed by atoms with van der Waals surface area (Å²) in [6, 6.07) is 10.5. The molecule has 1 amide bonds.